The summed E-state index contributed by atoms with van der Waals surface area (Å²) in [4.78, 5) is 3.59. The minimum absolute atomic E-state index is 0.285. The molecule has 7 heteroatoms. The topological polar surface area (TPSA) is 49.4 Å². The van der Waals surface area contributed by atoms with Crippen LogP contribution in [0, 0.1) is 0 Å². The summed E-state index contributed by atoms with van der Waals surface area (Å²) in [7, 11) is -1.44. The van der Waals surface area contributed by atoms with Gasteiger partial charge < -0.3 is 4.90 Å². The van der Waals surface area contributed by atoms with Gasteiger partial charge in [0.15, 0.2) is 0 Å². The molecule has 2 aromatic carbocycles. The molecule has 0 bridgehead atoms. The van der Waals surface area contributed by atoms with Crippen molar-refractivity contribution in [3.63, 3.8) is 0 Å². The van der Waals surface area contributed by atoms with Gasteiger partial charge in [0, 0.05) is 39.6 Å². The van der Waals surface area contributed by atoms with Gasteiger partial charge in [0.05, 0.1) is 4.90 Å². The first-order valence-electron chi connectivity index (χ1n) is 8.40. The monoisotopic (exact) mass is 406 g/mol. The summed E-state index contributed by atoms with van der Waals surface area (Å²) in [5.74, 6) is 0. The molecule has 0 radical (unpaired) electrons. The molecule has 136 valence electrons. The fourth-order valence-corrected chi connectivity index (χ4v) is 5.94. The Hall–Kier alpha value is -1.44. The first-order valence-corrected chi connectivity index (χ1v) is 11.1. The molecule has 0 saturated carbocycles. The quantitative estimate of drug-likeness (QED) is 0.711. The zero-order valence-corrected chi connectivity index (χ0v) is 16.7. The van der Waals surface area contributed by atoms with Gasteiger partial charge >= 0.3 is 0 Å². The van der Waals surface area contributed by atoms with Crippen LogP contribution < -0.4 is 4.72 Å². The number of rotatable bonds is 4. The first-order chi connectivity index (χ1) is 12.5. The number of likely N-dealkylation sites (N-methyl/N-ethyl adjacent to an activating group) is 1. The van der Waals surface area contributed by atoms with Crippen molar-refractivity contribution in [2.75, 3.05) is 13.6 Å². The molecule has 0 fully saturated rings. The third-order valence-electron chi connectivity index (χ3n) is 4.74. The van der Waals surface area contributed by atoms with E-state index in [1.54, 1.807) is 41.7 Å². The van der Waals surface area contributed by atoms with E-state index in [1.807, 2.05) is 12.1 Å². The lowest BCUT2D eigenvalue weighted by atomic mass is 10.0. The highest BCUT2D eigenvalue weighted by molar-refractivity contribution is 7.89. The minimum Gasteiger partial charge on any atom is -0.302 e. The maximum absolute atomic E-state index is 12.5. The minimum atomic E-state index is -3.53. The van der Waals surface area contributed by atoms with Crippen molar-refractivity contribution in [3.8, 4) is 0 Å². The molecule has 1 aliphatic rings. The lowest BCUT2D eigenvalue weighted by Crippen LogP contribution is -2.24. The molecule has 0 atom stereocenters. The second-order valence-electron chi connectivity index (χ2n) is 6.53. The Bertz CT molecular complexity index is 1060. The van der Waals surface area contributed by atoms with Crippen LogP contribution in [0.5, 0.6) is 0 Å². The van der Waals surface area contributed by atoms with Crippen LogP contribution >= 0.6 is 22.9 Å². The molecule has 0 spiro atoms. The number of benzene rings is 2. The molecule has 1 aromatic heterocycles. The zero-order valence-electron chi connectivity index (χ0n) is 14.3. The number of nitrogens with one attached hydrogen (secondary N) is 1. The second kappa shape index (κ2) is 6.94. The molecule has 0 saturated heterocycles. The van der Waals surface area contributed by atoms with E-state index >= 15 is 0 Å². The Labute approximate surface area is 162 Å². The van der Waals surface area contributed by atoms with E-state index in [-0.39, 0.29) is 11.4 Å². The van der Waals surface area contributed by atoms with Gasteiger partial charge in [-0.3, -0.25) is 0 Å². The molecular weight excluding hydrogens is 388 g/mol. The fraction of sp³-hybridized carbons (Fsp3) is 0.263. The lowest BCUT2D eigenvalue weighted by Gasteiger charge is -2.14. The number of halogens is 1. The van der Waals surface area contributed by atoms with Crippen molar-refractivity contribution in [2.45, 2.75) is 24.4 Å². The maximum Gasteiger partial charge on any atom is 0.240 e. The highest BCUT2D eigenvalue weighted by Crippen LogP contribution is 2.39. The summed E-state index contributed by atoms with van der Waals surface area (Å²) < 4.78 is 29.0. The number of nitrogens with zero attached hydrogens (tertiary/aromatic N) is 1. The Morgan fingerprint density at radius 2 is 1.92 bits per heavy atom. The van der Waals surface area contributed by atoms with E-state index in [0.717, 1.165) is 29.4 Å². The zero-order chi connectivity index (χ0) is 18.3. The Morgan fingerprint density at radius 3 is 2.69 bits per heavy atom. The SMILES string of the molecule is CN1CCc2c(Cl)ccc3sc(CNS(=O)(=O)c4ccccc4)c(c23)C1. The van der Waals surface area contributed by atoms with Crippen molar-refractivity contribution < 1.29 is 8.42 Å². The number of thiophene rings is 1. The van der Waals surface area contributed by atoms with E-state index in [9.17, 15) is 8.42 Å². The van der Waals surface area contributed by atoms with Crippen LogP contribution in [0.3, 0.4) is 0 Å². The molecule has 4 rings (SSSR count). The van der Waals surface area contributed by atoms with Gasteiger partial charge in [-0.05, 0) is 48.9 Å². The molecule has 1 aliphatic heterocycles. The molecule has 0 aliphatic carbocycles. The Morgan fingerprint density at radius 1 is 1.15 bits per heavy atom. The predicted molar refractivity (Wildman–Crippen MR) is 107 cm³/mol. The van der Waals surface area contributed by atoms with Crippen LogP contribution in [0.2, 0.25) is 5.02 Å². The number of hydrogen-bond donors (Lipinski definition) is 1. The average Bonchev–Trinajstić information content (AvgIpc) is 2.87. The van der Waals surface area contributed by atoms with E-state index in [4.69, 9.17) is 11.6 Å². The molecule has 2 heterocycles. The van der Waals surface area contributed by atoms with Crippen molar-refractivity contribution in [1.29, 1.82) is 0 Å². The van der Waals surface area contributed by atoms with Gasteiger partial charge in [-0.2, -0.15) is 0 Å². The summed E-state index contributed by atoms with van der Waals surface area (Å²) in [5, 5.41) is 2.00. The van der Waals surface area contributed by atoms with Crippen LogP contribution in [-0.4, -0.2) is 26.9 Å². The van der Waals surface area contributed by atoms with Crippen molar-refractivity contribution in [1.82, 2.24) is 9.62 Å². The molecule has 1 N–H and O–H groups in total. The number of sulfonamides is 1. The molecule has 3 aromatic rings. The summed E-state index contributed by atoms with van der Waals surface area (Å²) >= 11 is 8.09. The summed E-state index contributed by atoms with van der Waals surface area (Å²) in [6, 6.07) is 12.5. The van der Waals surface area contributed by atoms with Crippen LogP contribution in [0.25, 0.3) is 10.1 Å². The van der Waals surface area contributed by atoms with Gasteiger partial charge in [-0.15, -0.1) is 11.3 Å². The van der Waals surface area contributed by atoms with Crippen LogP contribution in [-0.2, 0) is 29.5 Å². The smallest absolute Gasteiger partial charge is 0.240 e. The average molecular weight is 407 g/mol. The Balaban J connectivity index is 1.71. The third kappa shape index (κ3) is 3.28. The highest BCUT2D eigenvalue weighted by atomic mass is 35.5. The van der Waals surface area contributed by atoms with Gasteiger partial charge in [-0.1, -0.05) is 29.8 Å². The maximum atomic E-state index is 12.5. The van der Waals surface area contributed by atoms with E-state index in [2.05, 4.69) is 16.7 Å². The van der Waals surface area contributed by atoms with Crippen molar-refractivity contribution in [3.05, 3.63) is 63.5 Å². The largest absolute Gasteiger partial charge is 0.302 e. The van der Waals surface area contributed by atoms with Crippen molar-refractivity contribution in [2.24, 2.45) is 0 Å². The van der Waals surface area contributed by atoms with E-state index in [0.29, 0.717) is 0 Å². The summed E-state index contributed by atoms with van der Waals surface area (Å²) in [5.41, 5.74) is 2.37. The molecular formula is C19H19ClN2O2S2. The normalized spacial score (nSPS) is 15.3. The summed E-state index contributed by atoms with van der Waals surface area (Å²) in [6.45, 7) is 2.03. The fourth-order valence-electron chi connectivity index (χ4n) is 3.40. The molecule has 4 nitrogen and oxygen atoms in total. The van der Waals surface area contributed by atoms with Crippen LogP contribution in [0.4, 0.5) is 0 Å². The first kappa shape index (κ1) is 17.9. The molecule has 0 unspecified atom stereocenters. The molecule has 0 amide bonds. The van der Waals surface area contributed by atoms with Crippen molar-refractivity contribution >= 4 is 43.0 Å². The van der Waals surface area contributed by atoms with Gasteiger partial charge in [-0.25, -0.2) is 13.1 Å². The Kier molecular flexibility index (Phi) is 4.79. The third-order valence-corrected chi connectivity index (χ3v) is 7.71. The second-order valence-corrected chi connectivity index (χ2v) is 9.84. The van der Waals surface area contributed by atoms with Crippen LogP contribution in [0.15, 0.2) is 47.4 Å². The van der Waals surface area contributed by atoms with Crippen LogP contribution in [0.1, 0.15) is 16.0 Å². The highest BCUT2D eigenvalue weighted by Gasteiger charge is 2.23. The lowest BCUT2D eigenvalue weighted by molar-refractivity contribution is 0.336. The van der Waals surface area contributed by atoms with Gasteiger partial charge in [0.2, 0.25) is 10.0 Å². The van der Waals surface area contributed by atoms with E-state index in [1.165, 1.54) is 21.2 Å². The number of hydrogen-bond acceptors (Lipinski definition) is 4. The van der Waals surface area contributed by atoms with Gasteiger partial charge in [0.1, 0.15) is 0 Å². The standard InChI is InChI=1S/C19H19ClN2O2S2/c1-22-10-9-14-16(20)7-8-17-19(14)15(12-22)18(25-17)11-21-26(23,24)13-5-3-2-4-6-13/h2-8,21H,9-12H2,1H3. The summed E-state index contributed by atoms with van der Waals surface area (Å²) in [6.07, 6.45) is 0.908. The predicted octanol–water partition coefficient (Wildman–Crippen LogP) is 4.02. The van der Waals surface area contributed by atoms with E-state index < -0.39 is 10.0 Å². The molecule has 26 heavy (non-hydrogen) atoms. The van der Waals surface area contributed by atoms with Gasteiger partial charge in [0.25, 0.3) is 0 Å².